The van der Waals surface area contributed by atoms with Crippen LogP contribution in [0.4, 0.5) is 0 Å². The highest BCUT2D eigenvalue weighted by atomic mass is 16.5. The Morgan fingerprint density at radius 2 is 2.30 bits per heavy atom. The fraction of sp³-hybridized carbons (Fsp3) is 0.500. The molecule has 0 spiro atoms. The molecule has 0 N–H and O–H groups in total. The van der Waals surface area contributed by atoms with E-state index in [1.54, 1.807) is 0 Å². The van der Waals surface area contributed by atoms with Gasteiger partial charge in [0.05, 0.1) is 7.11 Å². The lowest BCUT2D eigenvalue weighted by molar-refractivity contribution is 0.375. The molecule has 10 heavy (non-hydrogen) atoms. The Labute approximate surface area is 59.3 Å². The maximum Gasteiger partial charge on any atom is 0.319 e. The van der Waals surface area contributed by atoms with Crippen LogP contribution in [0.2, 0.25) is 0 Å². The molecule has 0 aliphatic rings. The van der Waals surface area contributed by atoms with Crippen molar-refractivity contribution < 1.29 is 4.74 Å². The molecule has 1 aromatic rings. The average Bonchev–Trinajstić information content (AvgIpc) is 2.05. The van der Waals surface area contributed by atoms with Crippen LogP contribution in [0.5, 0.6) is 6.01 Å². The molecule has 0 atom stereocenters. The summed E-state index contributed by atoms with van der Waals surface area (Å²) < 4.78 is 4.79. The molecule has 0 bridgehead atoms. The topological polar surface area (TPSA) is 47.9 Å². The molecule has 0 aliphatic heterocycles. The Bertz CT molecular complexity index is 195. The van der Waals surface area contributed by atoms with Gasteiger partial charge in [0.1, 0.15) is 12.2 Å². The summed E-state index contributed by atoms with van der Waals surface area (Å²) in [5.41, 5.74) is 0. The average molecular weight is 139 g/mol. The van der Waals surface area contributed by atoms with Gasteiger partial charge in [-0.05, 0) is 0 Å². The molecule has 1 heterocycles. The molecule has 1 aromatic heterocycles. The van der Waals surface area contributed by atoms with E-state index in [1.165, 1.54) is 13.4 Å². The number of nitrogens with zero attached hydrogens (tertiary/aromatic N) is 3. The van der Waals surface area contributed by atoms with Crippen molar-refractivity contribution in [1.82, 2.24) is 15.0 Å². The molecule has 0 amide bonds. The minimum absolute atomic E-state index is 0.381. The van der Waals surface area contributed by atoms with Crippen LogP contribution in [-0.2, 0) is 6.42 Å². The third kappa shape index (κ3) is 1.40. The van der Waals surface area contributed by atoms with E-state index < -0.39 is 0 Å². The molecular weight excluding hydrogens is 130 g/mol. The third-order valence-corrected chi connectivity index (χ3v) is 1.10. The van der Waals surface area contributed by atoms with Gasteiger partial charge in [-0.3, -0.25) is 0 Å². The standard InChI is InChI=1S/C6H9N3O/c1-3-5-7-4-8-6(9-5)10-2/h4H,3H2,1-2H3. The number of methoxy groups -OCH3 is 1. The summed E-state index contributed by atoms with van der Waals surface area (Å²) in [7, 11) is 1.54. The summed E-state index contributed by atoms with van der Waals surface area (Å²) in [6, 6.07) is 0.381. The normalized spacial score (nSPS) is 9.40. The lowest BCUT2D eigenvalue weighted by Gasteiger charge is -1.96. The van der Waals surface area contributed by atoms with Crippen LogP contribution in [0.25, 0.3) is 0 Å². The number of hydrogen-bond donors (Lipinski definition) is 0. The molecular formula is C6H9N3O. The van der Waals surface area contributed by atoms with E-state index in [-0.39, 0.29) is 0 Å². The van der Waals surface area contributed by atoms with Crippen LogP contribution < -0.4 is 4.74 Å². The van der Waals surface area contributed by atoms with Gasteiger partial charge in [0.15, 0.2) is 0 Å². The molecule has 0 saturated heterocycles. The van der Waals surface area contributed by atoms with E-state index in [1.807, 2.05) is 6.92 Å². The largest absolute Gasteiger partial charge is 0.467 e. The fourth-order valence-corrected chi connectivity index (χ4v) is 0.582. The molecule has 0 aliphatic carbocycles. The van der Waals surface area contributed by atoms with Gasteiger partial charge in [-0.25, -0.2) is 4.98 Å². The Kier molecular flexibility index (Phi) is 2.15. The van der Waals surface area contributed by atoms with Crippen molar-refractivity contribution in [2.24, 2.45) is 0 Å². The Morgan fingerprint density at radius 1 is 1.50 bits per heavy atom. The first-order valence-electron chi connectivity index (χ1n) is 3.08. The van der Waals surface area contributed by atoms with E-state index in [0.29, 0.717) is 6.01 Å². The van der Waals surface area contributed by atoms with Gasteiger partial charge in [0, 0.05) is 6.42 Å². The smallest absolute Gasteiger partial charge is 0.319 e. The van der Waals surface area contributed by atoms with Crippen molar-refractivity contribution in [3.63, 3.8) is 0 Å². The van der Waals surface area contributed by atoms with Gasteiger partial charge in [-0.1, -0.05) is 6.92 Å². The highest BCUT2D eigenvalue weighted by molar-refractivity contribution is 4.94. The molecule has 0 fully saturated rings. The van der Waals surface area contributed by atoms with E-state index >= 15 is 0 Å². The van der Waals surface area contributed by atoms with Gasteiger partial charge < -0.3 is 4.74 Å². The highest BCUT2D eigenvalue weighted by Gasteiger charge is 1.95. The van der Waals surface area contributed by atoms with Gasteiger partial charge in [0.25, 0.3) is 0 Å². The number of rotatable bonds is 2. The zero-order valence-corrected chi connectivity index (χ0v) is 6.03. The zero-order valence-electron chi connectivity index (χ0n) is 6.03. The van der Waals surface area contributed by atoms with Crippen molar-refractivity contribution in [2.45, 2.75) is 13.3 Å². The number of aromatic nitrogens is 3. The first kappa shape index (κ1) is 6.92. The van der Waals surface area contributed by atoms with Crippen molar-refractivity contribution in [2.75, 3.05) is 7.11 Å². The number of aryl methyl sites for hydroxylation is 1. The van der Waals surface area contributed by atoms with Crippen molar-refractivity contribution in [1.29, 1.82) is 0 Å². The first-order chi connectivity index (χ1) is 4.86. The summed E-state index contributed by atoms with van der Waals surface area (Å²) in [5.74, 6) is 0.756. The molecule has 0 unspecified atom stereocenters. The van der Waals surface area contributed by atoms with Crippen molar-refractivity contribution >= 4 is 0 Å². The summed E-state index contributed by atoms with van der Waals surface area (Å²) in [6.45, 7) is 1.98. The fourth-order valence-electron chi connectivity index (χ4n) is 0.582. The Hall–Kier alpha value is -1.19. The Morgan fingerprint density at radius 3 is 2.90 bits per heavy atom. The minimum atomic E-state index is 0.381. The Balaban J connectivity index is 2.87. The second-order valence-corrected chi connectivity index (χ2v) is 1.74. The van der Waals surface area contributed by atoms with E-state index in [2.05, 4.69) is 15.0 Å². The molecule has 54 valence electrons. The third-order valence-electron chi connectivity index (χ3n) is 1.10. The molecule has 1 rings (SSSR count). The summed E-state index contributed by atoms with van der Waals surface area (Å²) in [5, 5.41) is 0. The molecule has 4 nitrogen and oxygen atoms in total. The molecule has 4 heteroatoms. The maximum atomic E-state index is 4.79. The lowest BCUT2D eigenvalue weighted by Crippen LogP contribution is -1.97. The van der Waals surface area contributed by atoms with Crippen LogP contribution in [0, 0.1) is 0 Å². The van der Waals surface area contributed by atoms with E-state index in [0.717, 1.165) is 12.2 Å². The quantitative estimate of drug-likeness (QED) is 0.596. The predicted molar refractivity (Wildman–Crippen MR) is 35.8 cm³/mol. The SMILES string of the molecule is CCc1ncnc(OC)n1. The molecule has 0 radical (unpaired) electrons. The van der Waals surface area contributed by atoms with Gasteiger partial charge in [-0.2, -0.15) is 9.97 Å². The second-order valence-electron chi connectivity index (χ2n) is 1.74. The predicted octanol–water partition coefficient (Wildman–Crippen LogP) is 0.443. The summed E-state index contributed by atoms with van der Waals surface area (Å²) in [4.78, 5) is 11.6. The second kappa shape index (κ2) is 3.10. The van der Waals surface area contributed by atoms with Gasteiger partial charge in [0.2, 0.25) is 0 Å². The highest BCUT2D eigenvalue weighted by Crippen LogP contribution is 1.97. The lowest BCUT2D eigenvalue weighted by atomic mass is 10.5. The number of ether oxygens (including phenoxy) is 1. The zero-order chi connectivity index (χ0) is 7.40. The maximum absolute atomic E-state index is 4.79. The summed E-state index contributed by atoms with van der Waals surface area (Å²) in [6.07, 6.45) is 2.25. The van der Waals surface area contributed by atoms with E-state index in [9.17, 15) is 0 Å². The molecule has 0 aromatic carbocycles. The van der Waals surface area contributed by atoms with Crippen molar-refractivity contribution in [3.8, 4) is 6.01 Å². The van der Waals surface area contributed by atoms with Gasteiger partial charge in [-0.15, -0.1) is 0 Å². The summed E-state index contributed by atoms with van der Waals surface area (Å²) >= 11 is 0. The van der Waals surface area contributed by atoms with Crippen LogP contribution >= 0.6 is 0 Å². The van der Waals surface area contributed by atoms with Crippen LogP contribution in [-0.4, -0.2) is 22.1 Å². The number of hydrogen-bond acceptors (Lipinski definition) is 4. The first-order valence-corrected chi connectivity index (χ1v) is 3.08. The molecule has 0 saturated carbocycles. The van der Waals surface area contributed by atoms with Crippen LogP contribution in [0.1, 0.15) is 12.7 Å². The van der Waals surface area contributed by atoms with Crippen LogP contribution in [0.3, 0.4) is 0 Å². The van der Waals surface area contributed by atoms with Crippen LogP contribution in [0.15, 0.2) is 6.33 Å². The van der Waals surface area contributed by atoms with Gasteiger partial charge >= 0.3 is 6.01 Å². The minimum Gasteiger partial charge on any atom is -0.467 e. The van der Waals surface area contributed by atoms with E-state index in [4.69, 9.17) is 4.74 Å². The monoisotopic (exact) mass is 139 g/mol. The van der Waals surface area contributed by atoms with Crippen molar-refractivity contribution in [3.05, 3.63) is 12.2 Å².